The van der Waals surface area contributed by atoms with Crippen LogP contribution in [0.1, 0.15) is 125 Å². The average Bonchev–Trinajstić information content (AvgIpc) is 3.17. The molecule has 0 aromatic rings. The summed E-state index contributed by atoms with van der Waals surface area (Å²) in [5.74, 6) is 4.60. The first-order chi connectivity index (χ1) is 17.1. The van der Waals surface area contributed by atoms with Crippen LogP contribution < -0.4 is 11.1 Å². The third-order valence-corrected chi connectivity index (χ3v) is 12.3. The van der Waals surface area contributed by atoms with Gasteiger partial charge < -0.3 is 21.3 Å². The Kier molecular flexibility index (Phi) is 9.23. The van der Waals surface area contributed by atoms with Crippen molar-refractivity contribution in [2.75, 3.05) is 13.1 Å². The number of rotatable bonds is 11. The van der Waals surface area contributed by atoms with Gasteiger partial charge in [0.1, 0.15) is 0 Å². The van der Waals surface area contributed by atoms with Gasteiger partial charge in [-0.2, -0.15) is 0 Å². The van der Waals surface area contributed by atoms with Crippen LogP contribution in [0.3, 0.4) is 0 Å². The molecule has 0 spiro atoms. The molecule has 0 amide bonds. The Bertz CT molecular complexity index is 714. The van der Waals surface area contributed by atoms with E-state index in [1.807, 2.05) is 0 Å². The summed E-state index contributed by atoms with van der Waals surface area (Å²) in [5.41, 5.74) is 5.29. The van der Waals surface area contributed by atoms with Gasteiger partial charge in [0, 0.05) is 17.9 Å². The smallest absolute Gasteiger partial charge is 0.0880 e. The van der Waals surface area contributed by atoms with Gasteiger partial charge in [0.15, 0.2) is 0 Å². The highest BCUT2D eigenvalue weighted by molar-refractivity contribution is 5.18. The second-order valence-electron chi connectivity index (χ2n) is 14.7. The van der Waals surface area contributed by atoms with Gasteiger partial charge in [0.05, 0.1) is 11.7 Å². The van der Waals surface area contributed by atoms with E-state index in [9.17, 15) is 10.2 Å². The number of fused-ring (bicyclic) bond motifs is 5. The summed E-state index contributed by atoms with van der Waals surface area (Å²) >= 11 is 0. The van der Waals surface area contributed by atoms with Crippen molar-refractivity contribution in [3.8, 4) is 0 Å². The largest absolute Gasteiger partial charge is 0.393 e. The topological polar surface area (TPSA) is 78.5 Å². The van der Waals surface area contributed by atoms with Gasteiger partial charge in [-0.3, -0.25) is 0 Å². The van der Waals surface area contributed by atoms with E-state index in [4.69, 9.17) is 5.73 Å². The van der Waals surface area contributed by atoms with Gasteiger partial charge in [0.25, 0.3) is 0 Å². The molecule has 0 aromatic carbocycles. The van der Waals surface area contributed by atoms with Crippen molar-refractivity contribution >= 4 is 0 Å². The number of unbranched alkanes of at least 4 members (excludes halogenated alkanes) is 2. The fourth-order valence-corrected chi connectivity index (χ4v) is 10.3. The molecule has 0 heterocycles. The van der Waals surface area contributed by atoms with E-state index in [0.29, 0.717) is 23.7 Å². The van der Waals surface area contributed by atoms with Crippen LogP contribution in [0, 0.1) is 46.3 Å². The number of hydrogen-bond acceptors (Lipinski definition) is 4. The maximum Gasteiger partial charge on any atom is 0.0880 e. The number of aliphatic hydroxyl groups is 2. The molecule has 210 valence electrons. The van der Waals surface area contributed by atoms with Crippen molar-refractivity contribution < 1.29 is 10.2 Å². The van der Waals surface area contributed by atoms with Crippen LogP contribution in [0.4, 0.5) is 0 Å². The zero-order valence-corrected chi connectivity index (χ0v) is 24.4. The van der Waals surface area contributed by atoms with Gasteiger partial charge in [-0.25, -0.2) is 0 Å². The number of hydrogen-bond donors (Lipinski definition) is 4. The maximum atomic E-state index is 12.4. The van der Waals surface area contributed by atoms with E-state index in [2.05, 4.69) is 39.9 Å². The van der Waals surface area contributed by atoms with Crippen LogP contribution in [0.5, 0.6) is 0 Å². The molecule has 10 atom stereocenters. The molecule has 0 aliphatic heterocycles. The lowest BCUT2D eigenvalue weighted by Gasteiger charge is -2.66. The van der Waals surface area contributed by atoms with Crippen molar-refractivity contribution in [3.63, 3.8) is 0 Å². The van der Waals surface area contributed by atoms with Crippen molar-refractivity contribution in [2.24, 2.45) is 52.1 Å². The number of nitrogens with two attached hydrogens (primary N) is 1. The lowest BCUT2D eigenvalue weighted by Crippen LogP contribution is -2.71. The Morgan fingerprint density at radius 2 is 1.69 bits per heavy atom. The molecule has 0 bridgehead atoms. The quantitative estimate of drug-likeness (QED) is 0.250. The van der Waals surface area contributed by atoms with Crippen molar-refractivity contribution in [1.82, 2.24) is 5.32 Å². The summed E-state index contributed by atoms with van der Waals surface area (Å²) < 4.78 is 0. The molecule has 0 aromatic heterocycles. The second-order valence-corrected chi connectivity index (χ2v) is 14.7. The minimum Gasteiger partial charge on any atom is -0.393 e. The SMILES string of the molecule is CC(C)CCCC(C)C1CCC2C3C[C@@H](NCCCCCN)[C@@]4(O)C[C@@H](O)CCC4(C)C3CCC12C. The standard InChI is InChI=1S/C32H60N2O2/c1-22(2)10-9-11-23(3)26-12-13-27-25-20-29(34-19-8-6-7-18-33)32(36)21-24(35)14-17-31(32,5)28(25)15-16-30(26,27)4/h22-29,34-36H,6-21,33H2,1-5H3/t23?,24-,25?,26?,27?,28?,29+,30?,31?,32-/m0/s1. The van der Waals surface area contributed by atoms with Crippen LogP contribution in [0.25, 0.3) is 0 Å². The molecule has 4 fully saturated rings. The maximum absolute atomic E-state index is 12.4. The molecule has 0 radical (unpaired) electrons. The third-order valence-electron chi connectivity index (χ3n) is 12.3. The molecule has 4 aliphatic rings. The minimum atomic E-state index is -0.796. The molecule has 4 nitrogen and oxygen atoms in total. The Labute approximate surface area is 223 Å². The van der Waals surface area contributed by atoms with Crippen molar-refractivity contribution in [1.29, 1.82) is 0 Å². The van der Waals surface area contributed by atoms with Crippen molar-refractivity contribution in [3.05, 3.63) is 0 Å². The number of nitrogens with one attached hydrogen (secondary N) is 1. The Morgan fingerprint density at radius 1 is 0.917 bits per heavy atom. The molecule has 4 heteroatoms. The van der Waals surface area contributed by atoms with Gasteiger partial charge in [-0.05, 0) is 112 Å². The first kappa shape index (κ1) is 28.8. The average molecular weight is 505 g/mol. The Morgan fingerprint density at radius 3 is 2.42 bits per heavy atom. The zero-order chi connectivity index (χ0) is 26.1. The van der Waals surface area contributed by atoms with Crippen molar-refractivity contribution in [2.45, 2.75) is 142 Å². The third kappa shape index (κ3) is 5.19. The molecular weight excluding hydrogens is 444 g/mol. The molecule has 7 unspecified atom stereocenters. The molecular formula is C32H60N2O2. The molecule has 5 N–H and O–H groups in total. The van der Waals surface area contributed by atoms with Crippen LogP contribution in [-0.4, -0.2) is 41.0 Å². The highest BCUT2D eigenvalue weighted by atomic mass is 16.3. The lowest BCUT2D eigenvalue weighted by molar-refractivity contribution is -0.234. The molecule has 4 rings (SSSR count). The van der Waals surface area contributed by atoms with Crippen LogP contribution >= 0.6 is 0 Å². The van der Waals surface area contributed by atoms with E-state index in [1.165, 1.54) is 44.9 Å². The summed E-state index contributed by atoms with van der Waals surface area (Å²) in [6, 6.07) is 0.0986. The summed E-state index contributed by atoms with van der Waals surface area (Å²) in [5, 5.41) is 26.9. The first-order valence-electron chi connectivity index (χ1n) is 15.9. The normalized spacial score (nSPS) is 45.2. The van der Waals surface area contributed by atoms with Gasteiger partial charge in [-0.1, -0.05) is 60.3 Å². The first-order valence-corrected chi connectivity index (χ1v) is 15.9. The van der Waals surface area contributed by atoms with Crippen LogP contribution in [-0.2, 0) is 0 Å². The van der Waals surface area contributed by atoms with Gasteiger partial charge >= 0.3 is 0 Å². The van der Waals surface area contributed by atoms with E-state index in [1.54, 1.807) is 0 Å². The minimum absolute atomic E-state index is 0.0909. The molecule has 4 aliphatic carbocycles. The van der Waals surface area contributed by atoms with E-state index in [-0.39, 0.29) is 17.6 Å². The summed E-state index contributed by atoms with van der Waals surface area (Å²) in [7, 11) is 0. The fraction of sp³-hybridized carbons (Fsp3) is 1.00. The van der Waals surface area contributed by atoms with E-state index in [0.717, 1.165) is 75.3 Å². The summed E-state index contributed by atoms with van der Waals surface area (Å²) in [6.07, 6.45) is 16.0. The lowest BCUT2D eigenvalue weighted by atomic mass is 9.42. The Hall–Kier alpha value is -0.160. The zero-order valence-electron chi connectivity index (χ0n) is 24.4. The predicted molar refractivity (Wildman–Crippen MR) is 151 cm³/mol. The molecule has 4 saturated carbocycles. The highest BCUT2D eigenvalue weighted by Gasteiger charge is 2.67. The molecule has 0 saturated heterocycles. The summed E-state index contributed by atoms with van der Waals surface area (Å²) in [6.45, 7) is 14.1. The van der Waals surface area contributed by atoms with E-state index < -0.39 is 5.60 Å². The molecule has 36 heavy (non-hydrogen) atoms. The van der Waals surface area contributed by atoms with Crippen LogP contribution in [0.15, 0.2) is 0 Å². The second kappa shape index (κ2) is 11.5. The van der Waals surface area contributed by atoms with Crippen LogP contribution in [0.2, 0.25) is 0 Å². The fourth-order valence-electron chi connectivity index (χ4n) is 10.3. The monoisotopic (exact) mass is 504 g/mol. The van der Waals surface area contributed by atoms with E-state index >= 15 is 0 Å². The predicted octanol–water partition coefficient (Wildman–Crippen LogP) is 6.28. The summed E-state index contributed by atoms with van der Waals surface area (Å²) in [4.78, 5) is 0. The Balaban J connectivity index is 1.52. The van der Waals surface area contributed by atoms with Gasteiger partial charge in [0.2, 0.25) is 0 Å². The number of aliphatic hydroxyl groups excluding tert-OH is 1. The van der Waals surface area contributed by atoms with Gasteiger partial charge in [-0.15, -0.1) is 0 Å². The highest BCUT2D eigenvalue weighted by Crippen LogP contribution is 2.69.